The van der Waals surface area contributed by atoms with Crippen molar-refractivity contribution in [3.05, 3.63) is 28.7 Å². The number of fused-ring (bicyclic) bond motifs is 1. The standard InChI is InChI=1S/C13H19N3O2/c1-3-9(7-14)8-15-10-4-5-12-11(6-10)16(2)13(17)18-12/h4-6,9,15H,3,7-8,14H2,1-2H3. The highest BCUT2D eigenvalue weighted by atomic mass is 16.4. The van der Waals surface area contributed by atoms with E-state index in [0.29, 0.717) is 18.0 Å². The van der Waals surface area contributed by atoms with E-state index in [9.17, 15) is 4.79 Å². The molecule has 18 heavy (non-hydrogen) atoms. The monoisotopic (exact) mass is 249 g/mol. The zero-order chi connectivity index (χ0) is 13.1. The van der Waals surface area contributed by atoms with Crippen LogP contribution < -0.4 is 16.8 Å². The first-order valence-corrected chi connectivity index (χ1v) is 6.19. The van der Waals surface area contributed by atoms with Crippen molar-refractivity contribution in [2.24, 2.45) is 18.7 Å². The van der Waals surface area contributed by atoms with E-state index in [4.69, 9.17) is 10.2 Å². The number of oxazole rings is 1. The second-order valence-corrected chi connectivity index (χ2v) is 4.50. The summed E-state index contributed by atoms with van der Waals surface area (Å²) in [6.07, 6.45) is 1.05. The van der Waals surface area contributed by atoms with Gasteiger partial charge in [-0.3, -0.25) is 4.57 Å². The molecule has 0 aliphatic rings. The summed E-state index contributed by atoms with van der Waals surface area (Å²) >= 11 is 0. The van der Waals surface area contributed by atoms with Crippen LogP contribution in [0.4, 0.5) is 5.69 Å². The molecule has 3 N–H and O–H groups in total. The van der Waals surface area contributed by atoms with Crippen LogP contribution >= 0.6 is 0 Å². The van der Waals surface area contributed by atoms with Crippen molar-refractivity contribution in [1.29, 1.82) is 0 Å². The average molecular weight is 249 g/mol. The highest BCUT2D eigenvalue weighted by molar-refractivity contribution is 5.77. The van der Waals surface area contributed by atoms with Gasteiger partial charge in [-0.05, 0) is 30.7 Å². The van der Waals surface area contributed by atoms with Gasteiger partial charge in [-0.15, -0.1) is 0 Å². The molecule has 0 saturated heterocycles. The Morgan fingerprint density at radius 1 is 1.50 bits per heavy atom. The molecule has 1 atom stereocenters. The number of benzene rings is 1. The molecule has 5 nitrogen and oxygen atoms in total. The van der Waals surface area contributed by atoms with Crippen molar-refractivity contribution in [3.8, 4) is 0 Å². The minimum Gasteiger partial charge on any atom is -0.408 e. The first kappa shape index (κ1) is 12.7. The van der Waals surface area contributed by atoms with E-state index in [1.807, 2.05) is 18.2 Å². The molecule has 1 aromatic carbocycles. The number of nitrogens with zero attached hydrogens (tertiary/aromatic N) is 1. The Morgan fingerprint density at radius 3 is 2.94 bits per heavy atom. The van der Waals surface area contributed by atoms with Crippen LogP contribution in [-0.4, -0.2) is 17.7 Å². The normalized spacial score (nSPS) is 12.8. The zero-order valence-electron chi connectivity index (χ0n) is 10.8. The van der Waals surface area contributed by atoms with E-state index in [1.165, 1.54) is 4.57 Å². The first-order valence-electron chi connectivity index (χ1n) is 6.19. The number of anilines is 1. The fraction of sp³-hybridized carbons (Fsp3) is 0.462. The molecule has 98 valence electrons. The molecular weight excluding hydrogens is 230 g/mol. The summed E-state index contributed by atoms with van der Waals surface area (Å²) in [6.45, 7) is 3.64. The molecule has 0 spiro atoms. The van der Waals surface area contributed by atoms with Crippen molar-refractivity contribution in [3.63, 3.8) is 0 Å². The number of hydrogen-bond acceptors (Lipinski definition) is 4. The van der Waals surface area contributed by atoms with Crippen molar-refractivity contribution in [1.82, 2.24) is 4.57 Å². The Balaban J connectivity index is 2.19. The minimum atomic E-state index is -0.337. The van der Waals surface area contributed by atoms with Gasteiger partial charge >= 0.3 is 5.76 Å². The molecule has 0 fully saturated rings. The third-order valence-corrected chi connectivity index (χ3v) is 3.30. The van der Waals surface area contributed by atoms with Crippen molar-refractivity contribution in [2.75, 3.05) is 18.4 Å². The molecule has 0 bridgehead atoms. The minimum absolute atomic E-state index is 0.337. The number of aryl methyl sites for hydroxylation is 1. The van der Waals surface area contributed by atoms with Gasteiger partial charge < -0.3 is 15.5 Å². The lowest BCUT2D eigenvalue weighted by Crippen LogP contribution is -2.22. The molecule has 2 aromatic rings. The van der Waals surface area contributed by atoms with Gasteiger partial charge in [0.1, 0.15) is 0 Å². The van der Waals surface area contributed by atoms with Crippen LogP contribution in [0.2, 0.25) is 0 Å². The summed E-state index contributed by atoms with van der Waals surface area (Å²) in [5.41, 5.74) is 8.05. The van der Waals surface area contributed by atoms with Crippen molar-refractivity contribution >= 4 is 16.8 Å². The Kier molecular flexibility index (Phi) is 3.72. The highest BCUT2D eigenvalue weighted by Crippen LogP contribution is 2.18. The third-order valence-electron chi connectivity index (χ3n) is 3.30. The Bertz CT molecular complexity index is 581. The maximum atomic E-state index is 11.4. The molecule has 0 aliphatic carbocycles. The maximum absolute atomic E-state index is 11.4. The lowest BCUT2D eigenvalue weighted by Gasteiger charge is -2.14. The highest BCUT2D eigenvalue weighted by Gasteiger charge is 2.07. The summed E-state index contributed by atoms with van der Waals surface area (Å²) in [5, 5.41) is 3.34. The molecular formula is C13H19N3O2. The van der Waals surface area contributed by atoms with E-state index in [0.717, 1.165) is 24.2 Å². The van der Waals surface area contributed by atoms with E-state index >= 15 is 0 Å². The SMILES string of the molecule is CCC(CN)CNc1ccc2oc(=O)n(C)c2c1. The molecule has 1 aromatic heterocycles. The van der Waals surface area contributed by atoms with Gasteiger partial charge in [0.2, 0.25) is 0 Å². The van der Waals surface area contributed by atoms with Gasteiger partial charge in [-0.25, -0.2) is 4.79 Å². The fourth-order valence-corrected chi connectivity index (χ4v) is 1.89. The second kappa shape index (κ2) is 5.27. The quantitative estimate of drug-likeness (QED) is 0.842. The molecule has 1 heterocycles. The molecule has 1 unspecified atom stereocenters. The van der Waals surface area contributed by atoms with Gasteiger partial charge in [0.15, 0.2) is 5.58 Å². The third kappa shape index (κ3) is 2.41. The molecule has 0 saturated carbocycles. The van der Waals surface area contributed by atoms with Crippen molar-refractivity contribution in [2.45, 2.75) is 13.3 Å². The van der Waals surface area contributed by atoms with E-state index < -0.39 is 0 Å². The van der Waals surface area contributed by atoms with Gasteiger partial charge in [0, 0.05) is 19.3 Å². The van der Waals surface area contributed by atoms with Crippen LogP contribution in [0.5, 0.6) is 0 Å². The summed E-state index contributed by atoms with van der Waals surface area (Å²) in [7, 11) is 1.70. The number of hydrogen-bond donors (Lipinski definition) is 2. The number of aromatic nitrogens is 1. The number of rotatable bonds is 5. The van der Waals surface area contributed by atoms with Crippen LogP contribution in [-0.2, 0) is 7.05 Å². The summed E-state index contributed by atoms with van der Waals surface area (Å²) in [4.78, 5) is 11.4. The molecule has 0 aliphatic heterocycles. The van der Waals surface area contributed by atoms with Gasteiger partial charge in [0.25, 0.3) is 0 Å². The predicted octanol–water partition coefficient (Wildman–Crippen LogP) is 1.53. The molecule has 0 amide bonds. The lowest BCUT2D eigenvalue weighted by molar-refractivity contribution is 0.528. The first-order chi connectivity index (χ1) is 8.65. The molecule has 0 radical (unpaired) electrons. The van der Waals surface area contributed by atoms with E-state index in [1.54, 1.807) is 7.05 Å². The van der Waals surface area contributed by atoms with E-state index in [2.05, 4.69) is 12.2 Å². The van der Waals surface area contributed by atoms with Crippen LogP contribution in [0.25, 0.3) is 11.1 Å². The molecule has 2 rings (SSSR count). The van der Waals surface area contributed by atoms with E-state index in [-0.39, 0.29) is 5.76 Å². The number of nitrogens with two attached hydrogens (primary N) is 1. The Hall–Kier alpha value is -1.75. The second-order valence-electron chi connectivity index (χ2n) is 4.50. The van der Waals surface area contributed by atoms with Crippen molar-refractivity contribution < 1.29 is 4.42 Å². The fourth-order valence-electron chi connectivity index (χ4n) is 1.89. The average Bonchev–Trinajstić information content (AvgIpc) is 2.67. The van der Waals surface area contributed by atoms with Crippen LogP contribution in [0.1, 0.15) is 13.3 Å². The zero-order valence-corrected chi connectivity index (χ0v) is 10.8. The van der Waals surface area contributed by atoms with Crippen LogP contribution in [0.3, 0.4) is 0 Å². The number of nitrogens with one attached hydrogen (secondary N) is 1. The Morgan fingerprint density at radius 2 is 2.28 bits per heavy atom. The van der Waals surface area contributed by atoms with Gasteiger partial charge in [-0.1, -0.05) is 13.3 Å². The summed E-state index contributed by atoms with van der Waals surface area (Å²) < 4.78 is 6.58. The topological polar surface area (TPSA) is 73.2 Å². The van der Waals surface area contributed by atoms with Gasteiger partial charge in [-0.2, -0.15) is 0 Å². The van der Waals surface area contributed by atoms with Gasteiger partial charge in [0.05, 0.1) is 5.52 Å². The van der Waals surface area contributed by atoms with Crippen LogP contribution in [0, 0.1) is 5.92 Å². The predicted molar refractivity (Wildman–Crippen MR) is 72.8 cm³/mol. The summed E-state index contributed by atoms with van der Waals surface area (Å²) in [6, 6.07) is 5.64. The van der Waals surface area contributed by atoms with Crippen LogP contribution in [0.15, 0.2) is 27.4 Å². The maximum Gasteiger partial charge on any atom is 0.419 e. The largest absolute Gasteiger partial charge is 0.419 e. The lowest BCUT2D eigenvalue weighted by atomic mass is 10.1. The summed E-state index contributed by atoms with van der Waals surface area (Å²) in [5.74, 6) is 0.129. The molecule has 5 heteroatoms. The smallest absolute Gasteiger partial charge is 0.408 e. The Labute approximate surface area is 106 Å².